The third-order valence-corrected chi connectivity index (χ3v) is 3.70. The van der Waals surface area contributed by atoms with Gasteiger partial charge in [0.25, 0.3) is 5.91 Å². The van der Waals surface area contributed by atoms with E-state index in [0.717, 1.165) is 30.0 Å². The van der Waals surface area contributed by atoms with Gasteiger partial charge in [-0.3, -0.25) is 14.0 Å². The first kappa shape index (κ1) is 15.9. The van der Waals surface area contributed by atoms with Gasteiger partial charge in [0.15, 0.2) is 0 Å². The first-order valence-electron chi connectivity index (χ1n) is 7.93. The number of rotatable bonds is 6. The highest BCUT2D eigenvalue weighted by Crippen LogP contribution is 2.12. The van der Waals surface area contributed by atoms with Crippen LogP contribution in [0.4, 0.5) is 0 Å². The van der Waals surface area contributed by atoms with Crippen LogP contribution >= 0.6 is 0 Å². The average Bonchev–Trinajstić information content (AvgIpc) is 3.23. The highest BCUT2D eigenvalue weighted by atomic mass is 16.1. The molecular formula is C17H20N6O. The minimum absolute atomic E-state index is 0.129. The van der Waals surface area contributed by atoms with Gasteiger partial charge >= 0.3 is 0 Å². The molecule has 0 fully saturated rings. The Morgan fingerprint density at radius 2 is 2.21 bits per heavy atom. The Labute approximate surface area is 140 Å². The Hall–Kier alpha value is -2.96. The molecule has 0 aromatic carbocycles. The third-order valence-electron chi connectivity index (χ3n) is 3.70. The number of imidazole rings is 1. The molecule has 0 saturated carbocycles. The number of amides is 1. The summed E-state index contributed by atoms with van der Waals surface area (Å²) >= 11 is 0. The molecule has 0 aliphatic carbocycles. The van der Waals surface area contributed by atoms with Gasteiger partial charge < -0.3 is 5.32 Å². The molecule has 0 radical (unpaired) electrons. The van der Waals surface area contributed by atoms with Crippen LogP contribution in [0.3, 0.4) is 0 Å². The molecule has 3 aromatic rings. The summed E-state index contributed by atoms with van der Waals surface area (Å²) < 4.78 is 3.64. The van der Waals surface area contributed by atoms with Crippen molar-refractivity contribution in [2.75, 3.05) is 0 Å². The summed E-state index contributed by atoms with van der Waals surface area (Å²) in [5.41, 5.74) is 2.26. The Balaban J connectivity index is 1.73. The normalized spacial score (nSPS) is 10.8. The highest BCUT2D eigenvalue weighted by Gasteiger charge is 2.14. The number of nitrogens with one attached hydrogen (secondary N) is 1. The first-order chi connectivity index (χ1) is 11.7. The highest BCUT2D eigenvalue weighted by molar-refractivity contribution is 5.95. The number of aryl methyl sites for hydroxylation is 2. The molecule has 0 spiro atoms. The van der Waals surface area contributed by atoms with Crippen molar-refractivity contribution >= 4 is 5.91 Å². The van der Waals surface area contributed by atoms with Crippen LogP contribution in [0.25, 0.3) is 5.82 Å². The Bertz CT molecular complexity index is 821. The molecule has 0 aliphatic heterocycles. The largest absolute Gasteiger partial charge is 0.348 e. The van der Waals surface area contributed by atoms with E-state index >= 15 is 0 Å². The van der Waals surface area contributed by atoms with E-state index in [0.29, 0.717) is 12.1 Å². The van der Waals surface area contributed by atoms with Crippen LogP contribution in [0.5, 0.6) is 0 Å². The minimum Gasteiger partial charge on any atom is -0.348 e. The molecule has 24 heavy (non-hydrogen) atoms. The Morgan fingerprint density at radius 3 is 2.96 bits per heavy atom. The minimum atomic E-state index is -0.129. The zero-order chi connectivity index (χ0) is 16.9. The number of nitrogens with zero attached hydrogens (tertiary/aromatic N) is 5. The van der Waals surface area contributed by atoms with Crippen LogP contribution in [0.15, 0.2) is 43.2 Å². The number of carbonyl (C=O) groups excluding carboxylic acids is 1. The van der Waals surface area contributed by atoms with E-state index in [9.17, 15) is 4.79 Å². The van der Waals surface area contributed by atoms with Gasteiger partial charge in [-0.05, 0) is 19.4 Å². The summed E-state index contributed by atoms with van der Waals surface area (Å²) in [6.45, 7) is 5.12. The molecule has 0 unspecified atom stereocenters. The van der Waals surface area contributed by atoms with E-state index in [2.05, 4.69) is 27.3 Å². The maximum Gasteiger partial charge on any atom is 0.255 e. The van der Waals surface area contributed by atoms with Crippen molar-refractivity contribution in [3.8, 4) is 5.82 Å². The Kier molecular flexibility index (Phi) is 4.69. The lowest BCUT2D eigenvalue weighted by atomic mass is 10.2. The molecule has 1 amide bonds. The average molecular weight is 324 g/mol. The molecule has 7 nitrogen and oxygen atoms in total. The van der Waals surface area contributed by atoms with Crippen molar-refractivity contribution in [1.82, 2.24) is 29.6 Å². The van der Waals surface area contributed by atoms with Crippen molar-refractivity contribution in [3.63, 3.8) is 0 Å². The molecule has 1 N–H and O–H groups in total. The summed E-state index contributed by atoms with van der Waals surface area (Å²) in [6.07, 6.45) is 9.71. The molecular weight excluding hydrogens is 304 g/mol. The van der Waals surface area contributed by atoms with E-state index in [1.165, 1.54) is 0 Å². The van der Waals surface area contributed by atoms with Crippen molar-refractivity contribution in [2.24, 2.45) is 0 Å². The molecule has 7 heteroatoms. The van der Waals surface area contributed by atoms with Gasteiger partial charge in [-0.2, -0.15) is 5.10 Å². The number of hydrogen-bond donors (Lipinski definition) is 1. The lowest BCUT2D eigenvalue weighted by molar-refractivity contribution is 0.0950. The monoisotopic (exact) mass is 324 g/mol. The fourth-order valence-corrected chi connectivity index (χ4v) is 2.54. The Morgan fingerprint density at radius 1 is 1.33 bits per heavy atom. The molecule has 0 atom stereocenters. The van der Waals surface area contributed by atoms with E-state index in [-0.39, 0.29) is 5.91 Å². The third kappa shape index (κ3) is 3.34. The fraction of sp³-hybridized carbons (Fsp3) is 0.294. The smallest absolute Gasteiger partial charge is 0.255 e. The van der Waals surface area contributed by atoms with E-state index in [1.807, 2.05) is 34.5 Å². The predicted octanol–water partition coefficient (Wildman–Crippen LogP) is 2.11. The number of carbonyl (C=O) groups is 1. The second-order valence-corrected chi connectivity index (χ2v) is 5.53. The van der Waals surface area contributed by atoms with Crippen LogP contribution in [0, 0.1) is 6.92 Å². The summed E-state index contributed by atoms with van der Waals surface area (Å²) in [5.74, 6) is 0.629. The van der Waals surface area contributed by atoms with Crippen LogP contribution in [-0.2, 0) is 13.1 Å². The topological polar surface area (TPSA) is 77.6 Å². The molecule has 3 heterocycles. The molecule has 0 aliphatic rings. The van der Waals surface area contributed by atoms with E-state index in [1.54, 1.807) is 24.9 Å². The molecule has 124 valence electrons. The van der Waals surface area contributed by atoms with Crippen molar-refractivity contribution < 1.29 is 4.79 Å². The molecule has 3 aromatic heterocycles. The molecule has 0 bridgehead atoms. The quantitative estimate of drug-likeness (QED) is 0.753. The summed E-state index contributed by atoms with van der Waals surface area (Å²) in [4.78, 5) is 20.9. The van der Waals surface area contributed by atoms with Crippen molar-refractivity contribution in [3.05, 3.63) is 60.1 Å². The second kappa shape index (κ2) is 7.08. The molecule has 3 rings (SSSR count). The maximum atomic E-state index is 12.5. The summed E-state index contributed by atoms with van der Waals surface area (Å²) in [5, 5.41) is 7.31. The zero-order valence-corrected chi connectivity index (χ0v) is 13.8. The van der Waals surface area contributed by atoms with E-state index in [4.69, 9.17) is 0 Å². The van der Waals surface area contributed by atoms with Crippen molar-refractivity contribution in [1.29, 1.82) is 0 Å². The lowest BCUT2D eigenvalue weighted by Crippen LogP contribution is -2.24. The first-order valence-corrected chi connectivity index (χ1v) is 7.93. The maximum absolute atomic E-state index is 12.5. The summed E-state index contributed by atoms with van der Waals surface area (Å²) in [6, 6.07) is 3.79. The second-order valence-electron chi connectivity index (χ2n) is 5.53. The summed E-state index contributed by atoms with van der Waals surface area (Å²) in [7, 11) is 0. The van der Waals surface area contributed by atoms with Gasteiger partial charge in [-0.15, -0.1) is 0 Å². The zero-order valence-electron chi connectivity index (χ0n) is 13.8. The van der Waals surface area contributed by atoms with Crippen LogP contribution in [0.2, 0.25) is 0 Å². The molecule has 0 saturated heterocycles. The predicted molar refractivity (Wildman–Crippen MR) is 89.8 cm³/mol. The van der Waals surface area contributed by atoms with Gasteiger partial charge in [-0.1, -0.05) is 13.0 Å². The van der Waals surface area contributed by atoms with E-state index < -0.39 is 0 Å². The number of aromatic nitrogens is 5. The van der Waals surface area contributed by atoms with Crippen LogP contribution < -0.4 is 5.32 Å². The van der Waals surface area contributed by atoms with Gasteiger partial charge in [0.1, 0.15) is 12.1 Å². The van der Waals surface area contributed by atoms with Gasteiger partial charge in [0.05, 0.1) is 11.3 Å². The van der Waals surface area contributed by atoms with Crippen molar-refractivity contribution in [2.45, 2.75) is 33.4 Å². The van der Waals surface area contributed by atoms with Gasteiger partial charge in [0, 0.05) is 43.4 Å². The lowest BCUT2D eigenvalue weighted by Gasteiger charge is -2.09. The van der Waals surface area contributed by atoms with Crippen LogP contribution in [-0.4, -0.2) is 30.2 Å². The standard InChI is InChI=1S/C17H20N6O/c1-3-8-23-11-15(13(2)21-23)17(24)20-10-14-5-4-6-19-16(14)22-9-7-18-12-22/h4-7,9,11-12H,3,8,10H2,1-2H3,(H,20,24). The SMILES string of the molecule is CCCn1cc(C(=O)NCc2cccnc2-n2ccnc2)c(C)n1. The van der Waals surface area contributed by atoms with Gasteiger partial charge in [-0.25, -0.2) is 9.97 Å². The van der Waals surface area contributed by atoms with Crippen LogP contribution in [0.1, 0.15) is 35.0 Å². The number of hydrogen-bond acceptors (Lipinski definition) is 4. The van der Waals surface area contributed by atoms with Gasteiger partial charge in [0.2, 0.25) is 0 Å². The number of pyridine rings is 1. The fourth-order valence-electron chi connectivity index (χ4n) is 2.54.